The van der Waals surface area contributed by atoms with Crippen LogP contribution >= 0.6 is 11.6 Å². The van der Waals surface area contributed by atoms with Crippen LogP contribution < -0.4 is 4.74 Å². The number of carbonyl (C=O) groups is 1. The van der Waals surface area contributed by atoms with Crippen molar-refractivity contribution in [1.82, 2.24) is 9.97 Å². The van der Waals surface area contributed by atoms with E-state index in [0.717, 1.165) is 5.69 Å². The maximum Gasteiger partial charge on any atom is 0.217 e. The lowest BCUT2D eigenvalue weighted by Crippen LogP contribution is -2.13. The first-order chi connectivity index (χ1) is 10.6. The second-order valence-corrected chi connectivity index (χ2v) is 5.06. The van der Waals surface area contributed by atoms with Crippen LogP contribution in [0.4, 0.5) is 0 Å². The number of hydrogen-bond acceptors (Lipinski definition) is 5. The second-order valence-electron chi connectivity index (χ2n) is 4.62. The largest absolute Gasteiger partial charge is 0.469 e. The zero-order valence-electron chi connectivity index (χ0n) is 12.5. The number of hydrogen-bond donors (Lipinski definition) is 0. The minimum absolute atomic E-state index is 0.0891. The highest BCUT2D eigenvalue weighted by atomic mass is 35.5. The Kier molecular flexibility index (Phi) is 5.86. The summed E-state index contributed by atoms with van der Waals surface area (Å²) >= 11 is 5.80. The summed E-state index contributed by atoms with van der Waals surface area (Å²) in [5, 5.41) is 0.588. The fourth-order valence-corrected chi connectivity index (χ4v) is 1.96. The average Bonchev–Trinajstić information content (AvgIpc) is 2.53. The number of halogens is 1. The molecular weight excluding hydrogens is 304 g/mol. The summed E-state index contributed by atoms with van der Waals surface area (Å²) in [5.74, 6) is 0.895. The van der Waals surface area contributed by atoms with Crippen molar-refractivity contribution in [3.63, 3.8) is 0 Å². The average molecular weight is 321 g/mol. The van der Waals surface area contributed by atoms with Gasteiger partial charge in [0.1, 0.15) is 5.82 Å². The molecule has 0 fully saturated rings. The molecular formula is C16H17ClN2O3. The van der Waals surface area contributed by atoms with Crippen molar-refractivity contribution in [3.8, 4) is 5.88 Å². The van der Waals surface area contributed by atoms with Crippen LogP contribution in [0.2, 0.25) is 5.02 Å². The lowest BCUT2D eigenvalue weighted by molar-refractivity contribution is 0.0917. The first-order valence-electron chi connectivity index (χ1n) is 6.89. The summed E-state index contributed by atoms with van der Waals surface area (Å²) in [5.41, 5.74) is 1.27. The van der Waals surface area contributed by atoms with Crippen molar-refractivity contribution in [2.45, 2.75) is 20.0 Å². The first-order valence-corrected chi connectivity index (χ1v) is 7.27. The highest BCUT2D eigenvalue weighted by Crippen LogP contribution is 2.13. The lowest BCUT2D eigenvalue weighted by atomic mass is 10.1. The van der Waals surface area contributed by atoms with E-state index in [1.54, 1.807) is 37.4 Å². The van der Waals surface area contributed by atoms with Gasteiger partial charge in [-0.05, 0) is 24.3 Å². The van der Waals surface area contributed by atoms with Gasteiger partial charge < -0.3 is 9.47 Å². The molecule has 5 nitrogen and oxygen atoms in total. The van der Waals surface area contributed by atoms with Gasteiger partial charge in [-0.2, -0.15) is 4.98 Å². The standard InChI is InChI=1S/C16H17ClN2O3/c1-3-15-18-13(9-21-2)8-16(19-15)22-10-14(20)11-4-6-12(17)7-5-11/h4-8H,3,9-10H2,1-2H3. The third-order valence-electron chi connectivity index (χ3n) is 2.93. The van der Waals surface area contributed by atoms with Crippen molar-refractivity contribution in [2.24, 2.45) is 0 Å². The Morgan fingerprint density at radius 3 is 2.59 bits per heavy atom. The van der Waals surface area contributed by atoms with Crippen molar-refractivity contribution >= 4 is 17.4 Å². The van der Waals surface area contributed by atoms with E-state index in [1.807, 2.05) is 6.92 Å². The summed E-state index contributed by atoms with van der Waals surface area (Å²) in [4.78, 5) is 20.6. The quantitative estimate of drug-likeness (QED) is 0.734. The van der Waals surface area contributed by atoms with Gasteiger partial charge in [-0.3, -0.25) is 4.79 Å². The Morgan fingerprint density at radius 2 is 1.95 bits per heavy atom. The van der Waals surface area contributed by atoms with Crippen LogP contribution in [0.25, 0.3) is 0 Å². The third-order valence-corrected chi connectivity index (χ3v) is 3.18. The maximum atomic E-state index is 12.1. The zero-order chi connectivity index (χ0) is 15.9. The smallest absolute Gasteiger partial charge is 0.217 e. The van der Waals surface area contributed by atoms with E-state index in [4.69, 9.17) is 21.1 Å². The predicted molar refractivity (Wildman–Crippen MR) is 83.4 cm³/mol. The lowest BCUT2D eigenvalue weighted by Gasteiger charge is -2.08. The minimum atomic E-state index is -0.137. The monoisotopic (exact) mass is 320 g/mol. The molecule has 6 heteroatoms. The number of aromatic nitrogens is 2. The number of aryl methyl sites for hydroxylation is 1. The molecule has 1 heterocycles. The Labute approximate surface area is 134 Å². The van der Waals surface area contributed by atoms with E-state index >= 15 is 0 Å². The van der Waals surface area contributed by atoms with Crippen molar-refractivity contribution in [2.75, 3.05) is 13.7 Å². The molecule has 0 aliphatic rings. The molecule has 1 aromatic carbocycles. The number of ketones is 1. The molecule has 0 saturated carbocycles. The fraction of sp³-hybridized carbons (Fsp3) is 0.312. The SMILES string of the molecule is CCc1nc(COC)cc(OCC(=O)c2ccc(Cl)cc2)n1. The maximum absolute atomic E-state index is 12.1. The summed E-state index contributed by atoms with van der Waals surface area (Å²) in [7, 11) is 1.60. The predicted octanol–water partition coefficient (Wildman–Crippen LogP) is 3.10. The summed E-state index contributed by atoms with van der Waals surface area (Å²) in [6.45, 7) is 2.24. The Balaban J connectivity index is 2.05. The highest BCUT2D eigenvalue weighted by molar-refractivity contribution is 6.30. The molecule has 0 amide bonds. The van der Waals surface area contributed by atoms with Gasteiger partial charge in [0, 0.05) is 30.2 Å². The molecule has 2 aromatic rings. The van der Waals surface area contributed by atoms with E-state index in [2.05, 4.69) is 9.97 Å². The molecule has 2 rings (SSSR count). The van der Waals surface area contributed by atoms with Gasteiger partial charge in [0.05, 0.1) is 12.3 Å². The normalized spacial score (nSPS) is 10.5. The molecule has 1 aromatic heterocycles. The van der Waals surface area contributed by atoms with Crippen LogP contribution in [0, 0.1) is 0 Å². The molecule has 0 N–H and O–H groups in total. The summed E-state index contributed by atoms with van der Waals surface area (Å²) in [6.07, 6.45) is 0.680. The van der Waals surface area contributed by atoms with Crippen LogP contribution in [0.1, 0.15) is 28.8 Å². The van der Waals surface area contributed by atoms with E-state index in [1.165, 1.54) is 0 Å². The van der Waals surface area contributed by atoms with E-state index < -0.39 is 0 Å². The van der Waals surface area contributed by atoms with Crippen LogP contribution in [0.15, 0.2) is 30.3 Å². The molecule has 116 valence electrons. The molecule has 0 aliphatic heterocycles. The number of benzene rings is 1. The number of carbonyl (C=O) groups excluding carboxylic acids is 1. The number of nitrogens with zero attached hydrogens (tertiary/aromatic N) is 2. The van der Waals surface area contributed by atoms with Crippen molar-refractivity contribution < 1.29 is 14.3 Å². The van der Waals surface area contributed by atoms with Gasteiger partial charge in [0.2, 0.25) is 5.88 Å². The van der Waals surface area contributed by atoms with Crippen LogP contribution in [0.3, 0.4) is 0 Å². The highest BCUT2D eigenvalue weighted by Gasteiger charge is 2.09. The molecule has 22 heavy (non-hydrogen) atoms. The van der Waals surface area contributed by atoms with Crippen LogP contribution in [-0.4, -0.2) is 29.5 Å². The Bertz CT molecular complexity index is 644. The summed E-state index contributed by atoms with van der Waals surface area (Å²) < 4.78 is 10.6. The number of ether oxygens (including phenoxy) is 2. The van der Waals surface area contributed by atoms with Gasteiger partial charge in [-0.25, -0.2) is 4.98 Å². The Hall–Kier alpha value is -1.98. The van der Waals surface area contributed by atoms with Gasteiger partial charge >= 0.3 is 0 Å². The zero-order valence-corrected chi connectivity index (χ0v) is 13.3. The first kappa shape index (κ1) is 16.4. The molecule has 0 unspecified atom stereocenters. The number of Topliss-reactive ketones (excluding diaryl/α,β-unsaturated/α-hetero) is 1. The van der Waals surface area contributed by atoms with E-state index in [-0.39, 0.29) is 12.4 Å². The van der Waals surface area contributed by atoms with E-state index in [9.17, 15) is 4.79 Å². The second kappa shape index (κ2) is 7.87. The minimum Gasteiger partial charge on any atom is -0.469 e. The molecule has 0 spiro atoms. The molecule has 0 atom stereocenters. The van der Waals surface area contributed by atoms with Crippen molar-refractivity contribution in [1.29, 1.82) is 0 Å². The molecule has 0 radical (unpaired) electrons. The van der Waals surface area contributed by atoms with Crippen LogP contribution in [-0.2, 0) is 17.8 Å². The van der Waals surface area contributed by atoms with E-state index in [0.29, 0.717) is 35.3 Å². The van der Waals surface area contributed by atoms with Gasteiger partial charge in [-0.15, -0.1) is 0 Å². The summed E-state index contributed by atoms with van der Waals surface area (Å²) in [6, 6.07) is 8.36. The molecule has 0 bridgehead atoms. The van der Waals surface area contributed by atoms with Gasteiger partial charge in [0.15, 0.2) is 12.4 Å². The fourth-order valence-electron chi connectivity index (χ4n) is 1.84. The van der Waals surface area contributed by atoms with Crippen LogP contribution in [0.5, 0.6) is 5.88 Å². The Morgan fingerprint density at radius 1 is 1.23 bits per heavy atom. The third kappa shape index (κ3) is 4.51. The number of rotatable bonds is 7. The molecule has 0 aliphatic carbocycles. The van der Waals surface area contributed by atoms with Gasteiger partial charge in [0.25, 0.3) is 0 Å². The number of methoxy groups -OCH3 is 1. The topological polar surface area (TPSA) is 61.3 Å². The van der Waals surface area contributed by atoms with Gasteiger partial charge in [-0.1, -0.05) is 18.5 Å². The molecule has 0 saturated heterocycles. The van der Waals surface area contributed by atoms with Crippen molar-refractivity contribution in [3.05, 3.63) is 52.4 Å².